The van der Waals surface area contributed by atoms with Crippen LogP contribution in [0.25, 0.3) is 0 Å². The van der Waals surface area contributed by atoms with Crippen LogP contribution in [0.3, 0.4) is 0 Å². The van der Waals surface area contributed by atoms with E-state index in [0.717, 1.165) is 0 Å². The zero-order valence-electron chi connectivity index (χ0n) is 9.06. The number of nitrogens with one attached hydrogen (secondary N) is 1. The van der Waals surface area contributed by atoms with Gasteiger partial charge in [0.05, 0.1) is 11.1 Å². The van der Waals surface area contributed by atoms with Gasteiger partial charge in [0.2, 0.25) is 10.0 Å². The van der Waals surface area contributed by atoms with Gasteiger partial charge >= 0.3 is 0 Å². The molecule has 0 radical (unpaired) electrons. The number of sulfonamides is 1. The molecule has 5 nitrogen and oxygen atoms in total. The topological polar surface area (TPSA) is 82.9 Å². The average molecular weight is 274 g/mol. The highest BCUT2D eigenvalue weighted by Crippen LogP contribution is 2.18. The Balaban J connectivity index is 2.59. The number of pyridine rings is 1. The molecular weight excluding hydrogens is 262 g/mol. The van der Waals surface area contributed by atoms with Gasteiger partial charge in [-0.3, -0.25) is 4.98 Å². The van der Waals surface area contributed by atoms with Gasteiger partial charge in [-0.25, -0.2) is 13.1 Å². The number of nitriles is 1. The van der Waals surface area contributed by atoms with E-state index in [2.05, 4.69) is 9.71 Å². The molecule has 0 saturated carbocycles. The minimum absolute atomic E-state index is 0.0260. The van der Waals surface area contributed by atoms with Gasteiger partial charge in [-0.2, -0.15) is 5.26 Å². The Hall–Kier alpha value is -1.16. The molecule has 0 bridgehead atoms. The molecule has 1 aromatic heterocycles. The van der Waals surface area contributed by atoms with Crippen LogP contribution in [0, 0.1) is 11.3 Å². The second-order valence-corrected chi connectivity index (χ2v) is 5.46. The lowest BCUT2D eigenvalue weighted by Crippen LogP contribution is -2.25. The number of rotatable bonds is 6. The van der Waals surface area contributed by atoms with E-state index in [1.807, 2.05) is 6.07 Å². The van der Waals surface area contributed by atoms with Crippen molar-refractivity contribution in [2.75, 3.05) is 6.54 Å². The molecule has 1 heterocycles. The number of aromatic nitrogens is 1. The lowest BCUT2D eigenvalue weighted by Gasteiger charge is -2.06. The lowest BCUT2D eigenvalue weighted by molar-refractivity contribution is 0.577. The summed E-state index contributed by atoms with van der Waals surface area (Å²) in [6.45, 7) is 0.287. The quantitative estimate of drug-likeness (QED) is 0.800. The molecule has 0 unspecified atom stereocenters. The van der Waals surface area contributed by atoms with E-state index in [4.69, 9.17) is 16.9 Å². The van der Waals surface area contributed by atoms with Crippen molar-refractivity contribution in [2.45, 2.75) is 24.2 Å². The lowest BCUT2D eigenvalue weighted by atomic mass is 10.2. The number of hydrogen-bond donors (Lipinski definition) is 1. The molecule has 0 atom stereocenters. The van der Waals surface area contributed by atoms with Crippen LogP contribution in [0.2, 0.25) is 5.02 Å². The maximum absolute atomic E-state index is 11.8. The van der Waals surface area contributed by atoms with Crippen LogP contribution in [0.15, 0.2) is 23.4 Å². The minimum atomic E-state index is -3.61. The van der Waals surface area contributed by atoms with E-state index in [1.165, 1.54) is 18.5 Å². The molecule has 1 aromatic rings. The minimum Gasteiger partial charge on any atom is -0.263 e. The first-order valence-corrected chi connectivity index (χ1v) is 6.90. The van der Waals surface area contributed by atoms with Crippen LogP contribution in [0.1, 0.15) is 19.3 Å². The number of unbranched alkanes of at least 4 members (excludes halogenated alkanes) is 2. The van der Waals surface area contributed by atoms with Gasteiger partial charge in [0.25, 0.3) is 0 Å². The Labute approximate surface area is 105 Å². The van der Waals surface area contributed by atoms with Gasteiger partial charge in [-0.05, 0) is 18.9 Å². The summed E-state index contributed by atoms with van der Waals surface area (Å²) in [7, 11) is -3.61. The third kappa shape index (κ3) is 4.30. The molecule has 0 aliphatic heterocycles. The second kappa shape index (κ2) is 6.55. The van der Waals surface area contributed by atoms with E-state index in [-0.39, 0.29) is 16.5 Å². The van der Waals surface area contributed by atoms with Crippen molar-refractivity contribution in [1.29, 1.82) is 5.26 Å². The van der Waals surface area contributed by atoms with E-state index < -0.39 is 10.0 Å². The predicted molar refractivity (Wildman–Crippen MR) is 63.9 cm³/mol. The summed E-state index contributed by atoms with van der Waals surface area (Å²) in [5.41, 5.74) is 0. The molecule has 92 valence electrons. The zero-order valence-corrected chi connectivity index (χ0v) is 10.6. The summed E-state index contributed by atoms with van der Waals surface area (Å²) < 4.78 is 26.0. The van der Waals surface area contributed by atoms with Crippen molar-refractivity contribution in [2.24, 2.45) is 0 Å². The first-order valence-electron chi connectivity index (χ1n) is 5.04. The Kier molecular flexibility index (Phi) is 5.35. The third-order valence-corrected chi connectivity index (χ3v) is 3.96. The predicted octanol–water partition coefficient (Wildman–Crippen LogP) is 1.71. The Morgan fingerprint density at radius 3 is 2.88 bits per heavy atom. The molecule has 0 fully saturated rings. The Morgan fingerprint density at radius 1 is 1.47 bits per heavy atom. The average Bonchev–Trinajstić information content (AvgIpc) is 2.29. The van der Waals surface area contributed by atoms with Gasteiger partial charge in [-0.15, -0.1) is 0 Å². The standard InChI is InChI=1S/C10H12ClN3O2S/c11-9-4-7-13-8-10(9)17(15,16)14-6-3-1-2-5-12/h4,7-8,14H,1-3,6H2. The van der Waals surface area contributed by atoms with Crippen LogP contribution in [-0.2, 0) is 10.0 Å². The van der Waals surface area contributed by atoms with Gasteiger partial charge < -0.3 is 0 Å². The first kappa shape index (κ1) is 13.9. The Bertz CT molecular complexity index is 511. The fourth-order valence-electron chi connectivity index (χ4n) is 1.17. The van der Waals surface area contributed by atoms with Crippen molar-refractivity contribution in [3.05, 3.63) is 23.5 Å². The molecule has 1 N–H and O–H groups in total. The molecule has 0 aliphatic carbocycles. The molecule has 0 saturated heterocycles. The van der Waals surface area contributed by atoms with Crippen molar-refractivity contribution in [3.8, 4) is 6.07 Å². The summed E-state index contributed by atoms with van der Waals surface area (Å²) in [6, 6.07) is 3.42. The SMILES string of the molecule is N#CCCCCNS(=O)(=O)c1cnccc1Cl. The molecular formula is C10H12ClN3O2S. The molecule has 0 aromatic carbocycles. The summed E-state index contributed by atoms with van der Waals surface area (Å²) >= 11 is 5.77. The summed E-state index contributed by atoms with van der Waals surface area (Å²) in [5.74, 6) is 0. The maximum Gasteiger partial charge on any atom is 0.243 e. The number of hydrogen-bond acceptors (Lipinski definition) is 4. The highest BCUT2D eigenvalue weighted by molar-refractivity contribution is 7.89. The van der Waals surface area contributed by atoms with Crippen molar-refractivity contribution >= 4 is 21.6 Å². The van der Waals surface area contributed by atoms with Gasteiger partial charge in [0.1, 0.15) is 4.90 Å². The molecule has 7 heteroatoms. The smallest absolute Gasteiger partial charge is 0.243 e. The molecule has 17 heavy (non-hydrogen) atoms. The van der Waals surface area contributed by atoms with Crippen LogP contribution in [0.4, 0.5) is 0 Å². The molecule has 0 amide bonds. The van der Waals surface area contributed by atoms with Crippen LogP contribution in [-0.4, -0.2) is 19.9 Å². The first-order chi connectivity index (χ1) is 8.08. The normalized spacial score (nSPS) is 11.1. The number of nitrogens with zero attached hydrogens (tertiary/aromatic N) is 2. The van der Waals surface area contributed by atoms with Crippen molar-refractivity contribution in [3.63, 3.8) is 0 Å². The molecule has 0 spiro atoms. The van der Waals surface area contributed by atoms with Crippen LogP contribution in [0.5, 0.6) is 0 Å². The zero-order chi connectivity index (χ0) is 12.7. The van der Waals surface area contributed by atoms with Gasteiger partial charge in [-0.1, -0.05) is 11.6 Å². The second-order valence-electron chi connectivity index (χ2n) is 3.32. The highest BCUT2D eigenvalue weighted by Gasteiger charge is 2.16. The van der Waals surface area contributed by atoms with Crippen molar-refractivity contribution in [1.82, 2.24) is 9.71 Å². The summed E-state index contributed by atoms with van der Waals surface area (Å²) in [5, 5.41) is 8.47. The highest BCUT2D eigenvalue weighted by atomic mass is 35.5. The summed E-state index contributed by atoms with van der Waals surface area (Å²) in [4.78, 5) is 3.70. The maximum atomic E-state index is 11.8. The van der Waals surface area contributed by atoms with E-state index in [0.29, 0.717) is 19.3 Å². The Morgan fingerprint density at radius 2 is 2.24 bits per heavy atom. The van der Waals surface area contributed by atoms with E-state index in [1.54, 1.807) is 0 Å². The fourth-order valence-corrected chi connectivity index (χ4v) is 2.68. The van der Waals surface area contributed by atoms with Gasteiger partial charge in [0.15, 0.2) is 0 Å². The largest absolute Gasteiger partial charge is 0.263 e. The van der Waals surface area contributed by atoms with Crippen LogP contribution >= 0.6 is 11.6 Å². The number of halogens is 1. The fraction of sp³-hybridized carbons (Fsp3) is 0.400. The van der Waals surface area contributed by atoms with E-state index in [9.17, 15) is 8.42 Å². The van der Waals surface area contributed by atoms with Crippen LogP contribution < -0.4 is 4.72 Å². The molecule has 0 aliphatic rings. The van der Waals surface area contributed by atoms with Crippen molar-refractivity contribution < 1.29 is 8.42 Å². The summed E-state index contributed by atoms with van der Waals surface area (Å²) in [6.07, 6.45) is 4.34. The monoisotopic (exact) mass is 273 g/mol. The third-order valence-electron chi connectivity index (χ3n) is 2.03. The van der Waals surface area contributed by atoms with Gasteiger partial charge in [0, 0.05) is 25.4 Å². The molecule has 1 rings (SSSR count). The van der Waals surface area contributed by atoms with E-state index >= 15 is 0 Å².